The summed E-state index contributed by atoms with van der Waals surface area (Å²) in [6.07, 6.45) is -0.186. The van der Waals surface area contributed by atoms with Gasteiger partial charge in [-0.2, -0.15) is 0 Å². The Morgan fingerprint density at radius 2 is 1.69 bits per heavy atom. The van der Waals surface area contributed by atoms with Crippen LogP contribution in [0.25, 0.3) is 0 Å². The van der Waals surface area contributed by atoms with Crippen LogP contribution in [-0.4, -0.2) is 30.8 Å². The number of carbonyl (C=O) groups excluding carboxylic acids is 3. The molecule has 0 aliphatic carbocycles. The maximum absolute atomic E-state index is 13.4. The first kappa shape index (κ1) is 20.3. The van der Waals surface area contributed by atoms with Crippen LogP contribution in [0, 0.1) is 29.2 Å². The Kier molecular flexibility index (Phi) is 5.81. The van der Waals surface area contributed by atoms with E-state index in [4.69, 9.17) is 0 Å². The minimum atomic E-state index is -1.13. The van der Waals surface area contributed by atoms with Gasteiger partial charge in [0.1, 0.15) is 11.6 Å². The van der Waals surface area contributed by atoms with Crippen LogP contribution in [0.5, 0.6) is 0 Å². The molecule has 3 amide bonds. The molecule has 0 radical (unpaired) electrons. The molecule has 3 rings (SSSR count). The van der Waals surface area contributed by atoms with Gasteiger partial charge in [0.15, 0.2) is 11.6 Å². The molecule has 1 saturated heterocycles. The number of benzene rings is 2. The van der Waals surface area contributed by atoms with E-state index in [2.05, 4.69) is 10.6 Å². The number of halogens is 4. The molecule has 10 heteroatoms. The first-order valence-corrected chi connectivity index (χ1v) is 8.52. The zero-order chi connectivity index (χ0) is 21.1. The fourth-order valence-corrected chi connectivity index (χ4v) is 2.92. The number of hydrogen-bond acceptors (Lipinski definition) is 3. The van der Waals surface area contributed by atoms with Gasteiger partial charge in [-0.25, -0.2) is 17.6 Å². The van der Waals surface area contributed by atoms with Crippen molar-refractivity contribution < 1.29 is 31.9 Å². The fraction of sp³-hybridized carbons (Fsp3) is 0.211. The van der Waals surface area contributed by atoms with Gasteiger partial charge < -0.3 is 15.5 Å². The van der Waals surface area contributed by atoms with Crippen molar-refractivity contribution in [2.45, 2.75) is 6.42 Å². The summed E-state index contributed by atoms with van der Waals surface area (Å²) in [5.74, 6) is -6.48. The summed E-state index contributed by atoms with van der Waals surface area (Å²) in [6.45, 7) is -0.560. The zero-order valence-corrected chi connectivity index (χ0v) is 14.8. The Balaban J connectivity index is 1.55. The van der Waals surface area contributed by atoms with Crippen molar-refractivity contribution in [3.63, 3.8) is 0 Å². The lowest BCUT2D eigenvalue weighted by atomic mass is 10.1. The highest BCUT2D eigenvalue weighted by atomic mass is 19.2. The van der Waals surface area contributed by atoms with E-state index in [1.54, 1.807) is 0 Å². The molecular formula is C19H15F4N3O3. The van der Waals surface area contributed by atoms with E-state index in [0.29, 0.717) is 6.07 Å². The molecule has 1 aliphatic rings. The van der Waals surface area contributed by atoms with Crippen molar-refractivity contribution in [1.82, 2.24) is 5.32 Å². The second kappa shape index (κ2) is 8.29. The normalized spacial score (nSPS) is 16.1. The molecule has 0 saturated carbocycles. The van der Waals surface area contributed by atoms with Gasteiger partial charge in [0.25, 0.3) is 0 Å². The van der Waals surface area contributed by atoms with Crippen LogP contribution >= 0.6 is 0 Å². The van der Waals surface area contributed by atoms with E-state index in [1.165, 1.54) is 0 Å². The van der Waals surface area contributed by atoms with Gasteiger partial charge in [-0.15, -0.1) is 0 Å². The predicted octanol–water partition coefficient (Wildman–Crippen LogP) is 2.35. The summed E-state index contributed by atoms with van der Waals surface area (Å²) in [4.78, 5) is 37.3. The molecule has 1 heterocycles. The summed E-state index contributed by atoms with van der Waals surface area (Å²) < 4.78 is 52.7. The summed E-state index contributed by atoms with van der Waals surface area (Å²) in [7, 11) is 0. The van der Waals surface area contributed by atoms with Gasteiger partial charge in [-0.3, -0.25) is 14.4 Å². The molecule has 2 aromatic carbocycles. The SMILES string of the molecule is O=C(CNC(=O)C1CC(=O)N(c2cc(F)cc(F)c2)C1)Nc1ccc(F)c(F)c1. The van der Waals surface area contributed by atoms with Crippen LogP contribution < -0.4 is 15.5 Å². The topological polar surface area (TPSA) is 78.5 Å². The molecule has 2 aromatic rings. The first-order chi connectivity index (χ1) is 13.7. The average Bonchev–Trinajstić information content (AvgIpc) is 3.04. The molecule has 1 unspecified atom stereocenters. The Morgan fingerprint density at radius 1 is 1.00 bits per heavy atom. The quantitative estimate of drug-likeness (QED) is 0.745. The van der Waals surface area contributed by atoms with Crippen molar-refractivity contribution in [3.8, 4) is 0 Å². The molecule has 1 aliphatic heterocycles. The highest BCUT2D eigenvalue weighted by Gasteiger charge is 2.35. The molecular weight excluding hydrogens is 394 g/mol. The van der Waals surface area contributed by atoms with Crippen molar-refractivity contribution in [2.75, 3.05) is 23.3 Å². The molecule has 0 bridgehead atoms. The van der Waals surface area contributed by atoms with Gasteiger partial charge >= 0.3 is 0 Å². The van der Waals surface area contributed by atoms with Gasteiger partial charge in [-0.05, 0) is 24.3 Å². The van der Waals surface area contributed by atoms with E-state index in [0.717, 1.165) is 35.2 Å². The third-order valence-electron chi connectivity index (χ3n) is 4.28. The van der Waals surface area contributed by atoms with Crippen LogP contribution in [0.4, 0.5) is 28.9 Å². The standard InChI is InChI=1S/C19H15F4N3O3/c20-11-4-12(21)6-14(5-11)26-9-10(3-18(26)28)19(29)24-8-17(27)25-13-1-2-15(22)16(23)7-13/h1-2,4-7,10H,3,8-9H2,(H,24,29)(H,25,27). The predicted molar refractivity (Wildman–Crippen MR) is 94.8 cm³/mol. The number of nitrogens with zero attached hydrogens (tertiary/aromatic N) is 1. The van der Waals surface area contributed by atoms with Crippen molar-refractivity contribution in [1.29, 1.82) is 0 Å². The number of amides is 3. The Hall–Kier alpha value is -3.43. The van der Waals surface area contributed by atoms with E-state index >= 15 is 0 Å². The van der Waals surface area contributed by atoms with Crippen LogP contribution in [0.2, 0.25) is 0 Å². The smallest absolute Gasteiger partial charge is 0.243 e. The number of hydrogen-bond donors (Lipinski definition) is 2. The number of nitrogens with one attached hydrogen (secondary N) is 2. The zero-order valence-electron chi connectivity index (χ0n) is 14.8. The Labute approximate surface area is 162 Å². The van der Waals surface area contributed by atoms with Crippen LogP contribution in [0.1, 0.15) is 6.42 Å². The first-order valence-electron chi connectivity index (χ1n) is 8.52. The maximum Gasteiger partial charge on any atom is 0.243 e. The minimum Gasteiger partial charge on any atom is -0.347 e. The molecule has 2 N–H and O–H groups in total. The summed E-state index contributed by atoms with van der Waals surface area (Å²) in [5, 5.41) is 4.63. The lowest BCUT2D eigenvalue weighted by Crippen LogP contribution is -2.38. The van der Waals surface area contributed by atoms with E-state index in [-0.39, 0.29) is 24.3 Å². The molecule has 6 nitrogen and oxygen atoms in total. The van der Waals surface area contributed by atoms with Gasteiger partial charge in [0, 0.05) is 36.5 Å². The largest absolute Gasteiger partial charge is 0.347 e. The molecule has 1 fully saturated rings. The molecule has 1 atom stereocenters. The molecule has 152 valence electrons. The molecule has 0 aromatic heterocycles. The minimum absolute atomic E-state index is 0.00104. The van der Waals surface area contributed by atoms with Crippen LogP contribution in [-0.2, 0) is 14.4 Å². The highest BCUT2D eigenvalue weighted by Crippen LogP contribution is 2.26. The molecule has 0 spiro atoms. The second-order valence-electron chi connectivity index (χ2n) is 6.43. The number of carbonyl (C=O) groups is 3. The maximum atomic E-state index is 13.4. The van der Waals surface area contributed by atoms with Gasteiger partial charge in [-0.1, -0.05) is 0 Å². The monoisotopic (exact) mass is 409 g/mol. The van der Waals surface area contributed by atoms with Crippen LogP contribution in [0.3, 0.4) is 0 Å². The summed E-state index contributed by atoms with van der Waals surface area (Å²) >= 11 is 0. The molecule has 29 heavy (non-hydrogen) atoms. The Morgan fingerprint density at radius 3 is 2.34 bits per heavy atom. The number of rotatable bonds is 5. The van der Waals surface area contributed by atoms with Gasteiger partial charge in [0.05, 0.1) is 12.5 Å². The van der Waals surface area contributed by atoms with E-state index in [1.807, 2.05) is 0 Å². The van der Waals surface area contributed by atoms with E-state index < -0.39 is 53.5 Å². The average molecular weight is 409 g/mol. The lowest BCUT2D eigenvalue weighted by Gasteiger charge is -2.17. The third-order valence-corrected chi connectivity index (χ3v) is 4.28. The van der Waals surface area contributed by atoms with E-state index in [9.17, 15) is 31.9 Å². The highest BCUT2D eigenvalue weighted by molar-refractivity contribution is 6.01. The Bertz CT molecular complexity index is 963. The van der Waals surface area contributed by atoms with Gasteiger partial charge in [0.2, 0.25) is 17.7 Å². The van der Waals surface area contributed by atoms with Crippen molar-refractivity contribution in [3.05, 3.63) is 59.7 Å². The lowest BCUT2D eigenvalue weighted by molar-refractivity contribution is -0.127. The van der Waals surface area contributed by atoms with Crippen molar-refractivity contribution >= 4 is 29.1 Å². The van der Waals surface area contributed by atoms with Crippen molar-refractivity contribution in [2.24, 2.45) is 5.92 Å². The second-order valence-corrected chi connectivity index (χ2v) is 6.43. The number of anilines is 2. The third kappa shape index (κ3) is 4.89. The summed E-state index contributed by atoms with van der Waals surface area (Å²) in [6, 6.07) is 5.43. The summed E-state index contributed by atoms with van der Waals surface area (Å²) in [5.41, 5.74) is 0.0115. The fourth-order valence-electron chi connectivity index (χ4n) is 2.92. The van der Waals surface area contributed by atoms with Crippen LogP contribution in [0.15, 0.2) is 36.4 Å².